The van der Waals surface area contributed by atoms with Crippen molar-refractivity contribution < 1.29 is 15.0 Å². The number of hydrogen-bond acceptors (Lipinski definition) is 7. The number of benzene rings is 1. The molecule has 9 heteroatoms. The standard InChI is InChI=1S/C21H22ClN5O3/c1-12-8-13(22)9-16(28)18(12)20-19-15(5-2-6-23-19)21(26-25-20)24-14-4-3-7-27(10-14)11-17(29)30/h2,5-6,8-9,14,28H,3-4,7,10-11H2,1H3,(H,24,26)(H,29,30). The number of nitrogens with one attached hydrogen (secondary N) is 1. The van der Waals surface area contributed by atoms with Gasteiger partial charge in [0.25, 0.3) is 0 Å². The van der Waals surface area contributed by atoms with E-state index in [-0.39, 0.29) is 18.3 Å². The van der Waals surface area contributed by atoms with Gasteiger partial charge in [0.1, 0.15) is 17.0 Å². The van der Waals surface area contributed by atoms with Gasteiger partial charge < -0.3 is 15.5 Å². The number of aromatic hydroxyl groups is 1. The molecule has 3 N–H and O–H groups in total. The van der Waals surface area contributed by atoms with Gasteiger partial charge in [-0.3, -0.25) is 14.7 Å². The Hall–Kier alpha value is -2.97. The minimum Gasteiger partial charge on any atom is -0.507 e. The lowest BCUT2D eigenvalue weighted by Crippen LogP contribution is -2.44. The molecule has 30 heavy (non-hydrogen) atoms. The van der Waals surface area contributed by atoms with E-state index in [0.717, 1.165) is 30.3 Å². The zero-order chi connectivity index (χ0) is 21.3. The Labute approximate surface area is 178 Å². The average molecular weight is 428 g/mol. The molecule has 0 amide bonds. The molecule has 2 aromatic heterocycles. The number of pyridine rings is 1. The molecule has 8 nitrogen and oxygen atoms in total. The van der Waals surface area contributed by atoms with Gasteiger partial charge in [0.05, 0.1) is 6.54 Å². The van der Waals surface area contributed by atoms with Gasteiger partial charge >= 0.3 is 5.97 Å². The average Bonchev–Trinajstić information content (AvgIpc) is 2.68. The van der Waals surface area contributed by atoms with Crippen molar-refractivity contribution in [1.82, 2.24) is 20.1 Å². The van der Waals surface area contributed by atoms with Crippen LogP contribution in [-0.4, -0.2) is 61.9 Å². The third kappa shape index (κ3) is 4.15. The number of piperidine rings is 1. The highest BCUT2D eigenvalue weighted by atomic mass is 35.5. The van der Waals surface area contributed by atoms with Gasteiger partial charge in [-0.2, -0.15) is 0 Å². The van der Waals surface area contributed by atoms with Crippen LogP contribution in [0, 0.1) is 6.92 Å². The molecule has 1 aromatic carbocycles. The molecule has 4 rings (SSSR count). The summed E-state index contributed by atoms with van der Waals surface area (Å²) < 4.78 is 0. The number of nitrogens with zero attached hydrogens (tertiary/aromatic N) is 4. The summed E-state index contributed by atoms with van der Waals surface area (Å²) in [5.41, 5.74) is 2.43. The highest BCUT2D eigenvalue weighted by Crippen LogP contribution is 2.37. The first kappa shape index (κ1) is 20.3. The van der Waals surface area contributed by atoms with E-state index >= 15 is 0 Å². The fourth-order valence-corrected chi connectivity index (χ4v) is 4.26. The molecule has 0 aliphatic carbocycles. The molecule has 0 spiro atoms. The number of phenolic OH excluding ortho intramolecular Hbond substituents is 1. The Morgan fingerprint density at radius 3 is 2.97 bits per heavy atom. The Bertz CT molecular complexity index is 1080. The Morgan fingerprint density at radius 2 is 2.20 bits per heavy atom. The Balaban J connectivity index is 1.69. The summed E-state index contributed by atoms with van der Waals surface area (Å²) in [6.07, 6.45) is 3.50. The van der Waals surface area contributed by atoms with Gasteiger partial charge in [0, 0.05) is 34.8 Å². The third-order valence-corrected chi connectivity index (χ3v) is 5.48. The van der Waals surface area contributed by atoms with Crippen LogP contribution in [0.3, 0.4) is 0 Å². The second kappa shape index (κ2) is 8.41. The van der Waals surface area contributed by atoms with Gasteiger partial charge in [-0.1, -0.05) is 11.6 Å². The van der Waals surface area contributed by atoms with Crippen LogP contribution in [0.5, 0.6) is 5.75 Å². The summed E-state index contributed by atoms with van der Waals surface area (Å²) in [6, 6.07) is 7.03. The normalized spacial score (nSPS) is 17.2. The molecule has 1 aliphatic heterocycles. The monoisotopic (exact) mass is 427 g/mol. The van der Waals surface area contributed by atoms with Crippen LogP contribution in [0.1, 0.15) is 18.4 Å². The number of carboxylic acids is 1. The lowest BCUT2D eigenvalue weighted by molar-refractivity contribution is -0.138. The van der Waals surface area contributed by atoms with Crippen LogP contribution in [0.25, 0.3) is 22.2 Å². The summed E-state index contributed by atoms with van der Waals surface area (Å²) in [5, 5.41) is 32.9. The lowest BCUT2D eigenvalue weighted by Gasteiger charge is -2.32. The van der Waals surface area contributed by atoms with Gasteiger partial charge in [0.15, 0.2) is 5.82 Å². The predicted octanol–water partition coefficient (Wildman–Crippen LogP) is 3.32. The molecule has 0 bridgehead atoms. The van der Waals surface area contributed by atoms with Crippen molar-refractivity contribution in [2.24, 2.45) is 0 Å². The molecule has 156 valence electrons. The first-order chi connectivity index (χ1) is 14.4. The van der Waals surface area contributed by atoms with E-state index in [1.807, 2.05) is 24.0 Å². The number of carboxylic acid groups (broad SMARTS) is 1. The lowest BCUT2D eigenvalue weighted by atomic mass is 10.0. The number of carbonyl (C=O) groups is 1. The first-order valence-corrected chi connectivity index (χ1v) is 10.1. The molecular formula is C21H22ClN5O3. The third-order valence-electron chi connectivity index (χ3n) is 5.26. The second-order valence-corrected chi connectivity index (χ2v) is 7.96. The Kier molecular flexibility index (Phi) is 5.69. The minimum absolute atomic E-state index is 0.0264. The number of aryl methyl sites for hydroxylation is 1. The van der Waals surface area contributed by atoms with Crippen LogP contribution in [0.15, 0.2) is 30.5 Å². The fourth-order valence-electron chi connectivity index (χ4n) is 4.00. The smallest absolute Gasteiger partial charge is 0.317 e. The number of fused-ring (bicyclic) bond motifs is 1. The van der Waals surface area contributed by atoms with E-state index in [1.165, 1.54) is 6.07 Å². The summed E-state index contributed by atoms with van der Waals surface area (Å²) in [6.45, 7) is 3.27. The first-order valence-electron chi connectivity index (χ1n) is 9.74. The predicted molar refractivity (Wildman–Crippen MR) is 115 cm³/mol. The van der Waals surface area contributed by atoms with Crippen LogP contribution < -0.4 is 5.32 Å². The van der Waals surface area contributed by atoms with Crippen LogP contribution in [0.2, 0.25) is 5.02 Å². The van der Waals surface area contributed by atoms with Gasteiger partial charge in [-0.25, -0.2) is 0 Å². The summed E-state index contributed by atoms with van der Waals surface area (Å²) in [5.74, 6) is -0.207. The van der Waals surface area contributed by atoms with Crippen LogP contribution in [-0.2, 0) is 4.79 Å². The van der Waals surface area contributed by atoms with Crippen molar-refractivity contribution in [2.45, 2.75) is 25.8 Å². The van der Waals surface area contributed by atoms with Crippen molar-refractivity contribution in [1.29, 1.82) is 0 Å². The van der Waals surface area contributed by atoms with Crippen LogP contribution >= 0.6 is 11.6 Å². The number of aliphatic carboxylic acids is 1. The SMILES string of the molecule is Cc1cc(Cl)cc(O)c1-c1nnc(NC2CCCN(CC(=O)O)C2)c2cccnc12. The van der Waals surface area contributed by atoms with Gasteiger partial charge in [0.2, 0.25) is 0 Å². The zero-order valence-electron chi connectivity index (χ0n) is 16.5. The Morgan fingerprint density at radius 1 is 1.37 bits per heavy atom. The zero-order valence-corrected chi connectivity index (χ0v) is 17.2. The maximum absolute atomic E-state index is 11.0. The maximum Gasteiger partial charge on any atom is 0.317 e. The molecule has 1 atom stereocenters. The maximum atomic E-state index is 11.0. The number of hydrogen-bond donors (Lipinski definition) is 3. The topological polar surface area (TPSA) is 111 Å². The molecule has 1 unspecified atom stereocenters. The number of anilines is 1. The minimum atomic E-state index is -0.826. The highest BCUT2D eigenvalue weighted by molar-refractivity contribution is 6.31. The van der Waals surface area contributed by atoms with E-state index < -0.39 is 5.97 Å². The molecule has 3 heterocycles. The van der Waals surface area contributed by atoms with E-state index in [9.17, 15) is 9.90 Å². The van der Waals surface area contributed by atoms with Crippen molar-refractivity contribution in [2.75, 3.05) is 25.0 Å². The van der Waals surface area contributed by atoms with E-state index in [0.29, 0.717) is 34.2 Å². The van der Waals surface area contributed by atoms with Gasteiger partial charge in [-0.05, 0) is 56.1 Å². The van der Waals surface area contributed by atoms with Crippen molar-refractivity contribution in [3.05, 3.63) is 41.0 Å². The molecule has 0 saturated carbocycles. The van der Waals surface area contributed by atoms with Gasteiger partial charge in [-0.15, -0.1) is 10.2 Å². The number of phenols is 1. The molecule has 1 fully saturated rings. The second-order valence-electron chi connectivity index (χ2n) is 7.53. The molecule has 1 saturated heterocycles. The summed E-state index contributed by atoms with van der Waals surface area (Å²) >= 11 is 6.04. The number of rotatable bonds is 5. The molecule has 1 aliphatic rings. The van der Waals surface area contributed by atoms with Crippen LogP contribution in [0.4, 0.5) is 5.82 Å². The van der Waals surface area contributed by atoms with E-state index in [4.69, 9.17) is 16.7 Å². The molecule has 0 radical (unpaired) electrons. The van der Waals surface area contributed by atoms with E-state index in [1.54, 1.807) is 12.3 Å². The summed E-state index contributed by atoms with van der Waals surface area (Å²) in [7, 11) is 0. The highest BCUT2D eigenvalue weighted by Gasteiger charge is 2.23. The summed E-state index contributed by atoms with van der Waals surface area (Å²) in [4.78, 5) is 17.4. The fraction of sp³-hybridized carbons (Fsp3) is 0.333. The quantitative estimate of drug-likeness (QED) is 0.568. The largest absolute Gasteiger partial charge is 0.507 e. The number of aromatic nitrogens is 3. The van der Waals surface area contributed by atoms with Crippen molar-refractivity contribution >= 4 is 34.3 Å². The van der Waals surface area contributed by atoms with Crippen molar-refractivity contribution in [3.63, 3.8) is 0 Å². The van der Waals surface area contributed by atoms with E-state index in [2.05, 4.69) is 20.5 Å². The van der Waals surface area contributed by atoms with Crippen molar-refractivity contribution in [3.8, 4) is 17.0 Å². The number of halogens is 1. The molecule has 3 aromatic rings. The molecular weight excluding hydrogens is 406 g/mol. The number of likely N-dealkylation sites (tertiary alicyclic amines) is 1.